The molecule has 1 fully saturated rings. The lowest BCUT2D eigenvalue weighted by Gasteiger charge is -2.25. The number of hydrogen-bond acceptors (Lipinski definition) is 1. The molecule has 0 atom stereocenters. The quantitative estimate of drug-likeness (QED) is 0.845. The van der Waals surface area contributed by atoms with Gasteiger partial charge in [0, 0.05) is 12.1 Å². The van der Waals surface area contributed by atoms with Gasteiger partial charge in [0.15, 0.2) is 0 Å². The molecule has 1 saturated carbocycles. The van der Waals surface area contributed by atoms with Gasteiger partial charge in [0.25, 0.3) is 0 Å². The van der Waals surface area contributed by atoms with E-state index in [1.165, 1.54) is 18.4 Å². The van der Waals surface area contributed by atoms with Gasteiger partial charge in [-0.05, 0) is 57.1 Å². The molecule has 0 amide bonds. The summed E-state index contributed by atoms with van der Waals surface area (Å²) >= 11 is 12.3. The van der Waals surface area contributed by atoms with E-state index in [1.807, 2.05) is 12.1 Å². The maximum absolute atomic E-state index is 6.26. The fraction of sp³-hybridized carbons (Fsp3) is 0.600. The lowest BCUT2D eigenvalue weighted by Crippen LogP contribution is -2.40. The summed E-state index contributed by atoms with van der Waals surface area (Å²) in [5, 5.41) is 4.99. The van der Waals surface area contributed by atoms with Crippen molar-refractivity contribution < 1.29 is 0 Å². The Hall–Kier alpha value is -0.240. The first-order chi connectivity index (χ1) is 8.31. The molecule has 3 heteroatoms. The van der Waals surface area contributed by atoms with E-state index in [9.17, 15) is 0 Å². The van der Waals surface area contributed by atoms with Crippen molar-refractivity contribution in [3.8, 4) is 0 Å². The van der Waals surface area contributed by atoms with Crippen molar-refractivity contribution in [3.05, 3.63) is 33.8 Å². The van der Waals surface area contributed by atoms with Gasteiger partial charge < -0.3 is 5.32 Å². The summed E-state index contributed by atoms with van der Waals surface area (Å²) in [6, 6.07) is 5.92. The number of hydrogen-bond donors (Lipinski definition) is 1. The molecule has 0 spiro atoms. The Labute approximate surface area is 120 Å². The predicted molar refractivity (Wildman–Crippen MR) is 79.6 cm³/mol. The fourth-order valence-electron chi connectivity index (χ4n) is 2.13. The molecule has 0 unspecified atom stereocenters. The third kappa shape index (κ3) is 3.63. The third-order valence-corrected chi connectivity index (χ3v) is 4.41. The monoisotopic (exact) mass is 285 g/mol. The molecule has 0 heterocycles. The van der Waals surface area contributed by atoms with Crippen molar-refractivity contribution in [1.82, 2.24) is 5.32 Å². The zero-order valence-electron chi connectivity index (χ0n) is 11.3. The van der Waals surface area contributed by atoms with Crippen LogP contribution in [0, 0.1) is 5.41 Å². The summed E-state index contributed by atoms with van der Waals surface area (Å²) in [4.78, 5) is 0. The Morgan fingerprint density at radius 3 is 2.44 bits per heavy atom. The summed E-state index contributed by atoms with van der Waals surface area (Å²) < 4.78 is 0. The van der Waals surface area contributed by atoms with E-state index >= 15 is 0 Å². The molecule has 0 aromatic heterocycles. The standard InChI is InChI=1S/C15H21Cl2N/c1-14(2,3)18-10-15(7-8-15)9-11-5-4-6-12(16)13(11)17/h4-6,18H,7-10H2,1-3H3. The second-order valence-electron chi connectivity index (χ2n) is 6.49. The largest absolute Gasteiger partial charge is 0.312 e. The van der Waals surface area contributed by atoms with Crippen LogP contribution in [0.2, 0.25) is 10.0 Å². The summed E-state index contributed by atoms with van der Waals surface area (Å²) in [6.07, 6.45) is 3.58. The second kappa shape index (κ2) is 5.03. The van der Waals surface area contributed by atoms with Crippen LogP contribution in [-0.4, -0.2) is 12.1 Å². The van der Waals surface area contributed by atoms with Crippen molar-refractivity contribution in [3.63, 3.8) is 0 Å². The molecule has 2 rings (SSSR count). The second-order valence-corrected chi connectivity index (χ2v) is 7.28. The van der Waals surface area contributed by atoms with E-state index in [0.29, 0.717) is 10.4 Å². The molecule has 1 aliphatic carbocycles. The van der Waals surface area contributed by atoms with Crippen molar-refractivity contribution >= 4 is 23.2 Å². The minimum Gasteiger partial charge on any atom is -0.312 e. The van der Waals surface area contributed by atoms with Crippen LogP contribution >= 0.6 is 23.2 Å². The predicted octanol–water partition coefficient (Wildman–Crippen LogP) is 4.70. The Kier molecular flexibility index (Phi) is 3.96. The highest BCUT2D eigenvalue weighted by Crippen LogP contribution is 2.49. The van der Waals surface area contributed by atoms with Gasteiger partial charge in [-0.1, -0.05) is 35.3 Å². The minimum absolute atomic E-state index is 0.174. The van der Waals surface area contributed by atoms with E-state index < -0.39 is 0 Å². The Balaban J connectivity index is 2.03. The molecular formula is C15H21Cl2N. The molecule has 0 aliphatic heterocycles. The Bertz CT molecular complexity index is 431. The van der Waals surface area contributed by atoms with Crippen LogP contribution in [0.15, 0.2) is 18.2 Å². The first-order valence-corrected chi connectivity index (χ1v) is 7.25. The Morgan fingerprint density at radius 1 is 1.22 bits per heavy atom. The first-order valence-electron chi connectivity index (χ1n) is 6.49. The van der Waals surface area contributed by atoms with E-state index in [2.05, 4.69) is 32.2 Å². The SMILES string of the molecule is CC(C)(C)NCC1(Cc2cccc(Cl)c2Cl)CC1. The van der Waals surface area contributed by atoms with Crippen molar-refractivity contribution in [2.45, 2.75) is 45.6 Å². The summed E-state index contributed by atoms with van der Waals surface area (Å²) in [7, 11) is 0. The van der Waals surface area contributed by atoms with Crippen molar-refractivity contribution in [2.75, 3.05) is 6.54 Å². The average molecular weight is 286 g/mol. The maximum atomic E-state index is 6.26. The zero-order chi connectivity index (χ0) is 13.4. The topological polar surface area (TPSA) is 12.0 Å². The molecule has 100 valence electrons. The van der Waals surface area contributed by atoms with Gasteiger partial charge in [-0.3, -0.25) is 0 Å². The molecule has 0 bridgehead atoms. The van der Waals surface area contributed by atoms with Crippen LogP contribution in [0.1, 0.15) is 39.2 Å². The lowest BCUT2D eigenvalue weighted by atomic mass is 9.95. The number of benzene rings is 1. The third-order valence-electron chi connectivity index (χ3n) is 3.55. The molecule has 18 heavy (non-hydrogen) atoms. The van der Waals surface area contributed by atoms with Crippen LogP contribution in [-0.2, 0) is 6.42 Å². The van der Waals surface area contributed by atoms with Gasteiger partial charge in [-0.2, -0.15) is 0 Å². The van der Waals surface area contributed by atoms with Gasteiger partial charge in [0.05, 0.1) is 10.0 Å². The molecule has 0 saturated heterocycles. The summed E-state index contributed by atoms with van der Waals surface area (Å²) in [5.74, 6) is 0. The highest BCUT2D eigenvalue weighted by atomic mass is 35.5. The van der Waals surface area contributed by atoms with Crippen LogP contribution in [0.5, 0.6) is 0 Å². The number of halogens is 2. The maximum Gasteiger partial charge on any atom is 0.0624 e. The average Bonchev–Trinajstić information content (AvgIpc) is 3.02. The van der Waals surface area contributed by atoms with Crippen molar-refractivity contribution in [2.24, 2.45) is 5.41 Å². The molecule has 1 N–H and O–H groups in total. The Morgan fingerprint density at radius 2 is 1.89 bits per heavy atom. The number of rotatable bonds is 4. The van der Waals surface area contributed by atoms with E-state index in [1.54, 1.807) is 0 Å². The van der Waals surface area contributed by atoms with Gasteiger partial charge in [0.1, 0.15) is 0 Å². The molecule has 0 radical (unpaired) electrons. The van der Waals surface area contributed by atoms with Crippen LogP contribution in [0.3, 0.4) is 0 Å². The highest BCUT2D eigenvalue weighted by Gasteiger charge is 2.43. The number of nitrogens with one attached hydrogen (secondary N) is 1. The first kappa shape index (κ1) is 14.2. The normalized spacial score (nSPS) is 17.8. The van der Waals surface area contributed by atoms with E-state index in [0.717, 1.165) is 18.0 Å². The van der Waals surface area contributed by atoms with Gasteiger partial charge in [-0.25, -0.2) is 0 Å². The van der Waals surface area contributed by atoms with Gasteiger partial charge >= 0.3 is 0 Å². The highest BCUT2D eigenvalue weighted by molar-refractivity contribution is 6.42. The zero-order valence-corrected chi connectivity index (χ0v) is 12.8. The molecule has 1 aromatic carbocycles. The molecule has 1 aromatic rings. The van der Waals surface area contributed by atoms with E-state index in [4.69, 9.17) is 23.2 Å². The van der Waals surface area contributed by atoms with Crippen LogP contribution in [0.25, 0.3) is 0 Å². The summed E-state index contributed by atoms with van der Waals surface area (Å²) in [5.41, 5.74) is 1.74. The fourth-order valence-corrected chi connectivity index (χ4v) is 2.52. The molecule has 1 aliphatic rings. The molecular weight excluding hydrogens is 265 g/mol. The van der Waals surface area contributed by atoms with Gasteiger partial charge in [0.2, 0.25) is 0 Å². The lowest BCUT2D eigenvalue weighted by molar-refractivity contribution is 0.356. The summed E-state index contributed by atoms with van der Waals surface area (Å²) in [6.45, 7) is 7.67. The minimum atomic E-state index is 0.174. The van der Waals surface area contributed by atoms with Crippen LogP contribution < -0.4 is 5.32 Å². The van der Waals surface area contributed by atoms with Gasteiger partial charge in [-0.15, -0.1) is 0 Å². The van der Waals surface area contributed by atoms with Crippen LogP contribution in [0.4, 0.5) is 0 Å². The molecule has 1 nitrogen and oxygen atoms in total. The van der Waals surface area contributed by atoms with E-state index in [-0.39, 0.29) is 5.54 Å². The smallest absolute Gasteiger partial charge is 0.0624 e. The van der Waals surface area contributed by atoms with Crippen molar-refractivity contribution in [1.29, 1.82) is 0 Å².